The standard InChI is InChI=1S/C15H17N3O4/c1-2-3-6-22-15(20)17-12-4-5-13-10(8-12)7-11(9-16-13)14(19)18-21/h4-5,7-9,21H,2-3,6H2,1H3,(H,17,20)(H,18,19). The van der Waals surface area contributed by atoms with Crippen molar-refractivity contribution in [2.45, 2.75) is 19.8 Å². The van der Waals surface area contributed by atoms with Crippen molar-refractivity contribution < 1.29 is 19.5 Å². The maximum atomic E-state index is 11.6. The molecule has 1 heterocycles. The molecule has 0 aliphatic rings. The number of nitrogens with zero attached hydrogens (tertiary/aromatic N) is 1. The predicted octanol–water partition coefficient (Wildman–Crippen LogP) is 2.70. The van der Waals surface area contributed by atoms with Crippen molar-refractivity contribution in [1.29, 1.82) is 0 Å². The van der Waals surface area contributed by atoms with Gasteiger partial charge in [-0.1, -0.05) is 13.3 Å². The first-order chi connectivity index (χ1) is 10.6. The van der Waals surface area contributed by atoms with E-state index in [-0.39, 0.29) is 5.56 Å². The number of benzene rings is 1. The number of ether oxygens (including phenoxy) is 1. The molecule has 0 radical (unpaired) electrons. The van der Waals surface area contributed by atoms with E-state index in [0.717, 1.165) is 12.8 Å². The van der Waals surface area contributed by atoms with Gasteiger partial charge in [-0.05, 0) is 30.7 Å². The largest absolute Gasteiger partial charge is 0.449 e. The Labute approximate surface area is 127 Å². The molecule has 3 N–H and O–H groups in total. The maximum absolute atomic E-state index is 11.6. The first kappa shape index (κ1) is 15.7. The molecule has 2 rings (SSSR count). The Hall–Kier alpha value is -2.67. The molecule has 22 heavy (non-hydrogen) atoms. The van der Waals surface area contributed by atoms with Gasteiger partial charge in [0, 0.05) is 17.3 Å². The van der Waals surface area contributed by atoms with E-state index in [1.807, 2.05) is 6.92 Å². The highest BCUT2D eigenvalue weighted by Crippen LogP contribution is 2.19. The Morgan fingerprint density at radius 2 is 2.14 bits per heavy atom. The number of anilines is 1. The second-order valence-corrected chi connectivity index (χ2v) is 4.69. The van der Waals surface area contributed by atoms with Crippen LogP contribution in [0.15, 0.2) is 30.5 Å². The average Bonchev–Trinajstić information content (AvgIpc) is 2.53. The summed E-state index contributed by atoms with van der Waals surface area (Å²) in [6, 6.07) is 6.67. The average molecular weight is 303 g/mol. The molecule has 0 spiro atoms. The van der Waals surface area contributed by atoms with Crippen LogP contribution in [0.1, 0.15) is 30.1 Å². The van der Waals surface area contributed by atoms with Crippen molar-refractivity contribution in [2.75, 3.05) is 11.9 Å². The van der Waals surface area contributed by atoms with Gasteiger partial charge < -0.3 is 4.74 Å². The highest BCUT2D eigenvalue weighted by Gasteiger charge is 2.08. The van der Waals surface area contributed by atoms with Gasteiger partial charge in [0.1, 0.15) is 0 Å². The summed E-state index contributed by atoms with van der Waals surface area (Å²) in [5.41, 5.74) is 2.98. The lowest BCUT2D eigenvalue weighted by Crippen LogP contribution is -2.18. The van der Waals surface area contributed by atoms with Gasteiger partial charge in [-0.2, -0.15) is 0 Å². The molecule has 1 aromatic carbocycles. The number of hydroxylamine groups is 1. The van der Waals surface area contributed by atoms with Crippen molar-refractivity contribution in [3.63, 3.8) is 0 Å². The van der Waals surface area contributed by atoms with Crippen molar-refractivity contribution in [1.82, 2.24) is 10.5 Å². The topological polar surface area (TPSA) is 101 Å². The molecule has 0 bridgehead atoms. The molecule has 2 aromatic rings. The quantitative estimate of drug-likeness (QED) is 0.448. The number of amides is 2. The molecule has 0 saturated heterocycles. The molecule has 7 nitrogen and oxygen atoms in total. The molecule has 0 atom stereocenters. The Bertz CT molecular complexity index is 688. The normalized spacial score (nSPS) is 10.3. The number of fused-ring (bicyclic) bond motifs is 1. The van der Waals surface area contributed by atoms with Crippen LogP contribution in [0.25, 0.3) is 10.9 Å². The second kappa shape index (κ2) is 7.37. The fourth-order valence-corrected chi connectivity index (χ4v) is 1.86. The monoisotopic (exact) mass is 303 g/mol. The summed E-state index contributed by atoms with van der Waals surface area (Å²) in [4.78, 5) is 27.1. The van der Waals surface area contributed by atoms with Gasteiger partial charge in [0.2, 0.25) is 0 Å². The van der Waals surface area contributed by atoms with Crippen LogP contribution in [0.5, 0.6) is 0 Å². The maximum Gasteiger partial charge on any atom is 0.411 e. The molecule has 1 aromatic heterocycles. The Balaban J connectivity index is 2.14. The molecule has 0 saturated carbocycles. The van der Waals surface area contributed by atoms with Gasteiger partial charge in [0.05, 0.1) is 17.7 Å². The zero-order chi connectivity index (χ0) is 15.9. The number of aromatic nitrogens is 1. The minimum atomic E-state index is -0.647. The highest BCUT2D eigenvalue weighted by molar-refractivity contribution is 5.97. The molecule has 116 valence electrons. The van der Waals surface area contributed by atoms with E-state index >= 15 is 0 Å². The highest BCUT2D eigenvalue weighted by atomic mass is 16.5. The summed E-state index contributed by atoms with van der Waals surface area (Å²) in [5.74, 6) is -0.647. The van der Waals surface area contributed by atoms with Crippen molar-refractivity contribution in [2.24, 2.45) is 0 Å². The molecule has 7 heteroatoms. The fraction of sp³-hybridized carbons (Fsp3) is 0.267. The van der Waals surface area contributed by atoms with Crippen molar-refractivity contribution in [3.8, 4) is 0 Å². The van der Waals surface area contributed by atoms with Crippen LogP contribution in [0.4, 0.5) is 10.5 Å². The summed E-state index contributed by atoms with van der Waals surface area (Å²) >= 11 is 0. The zero-order valence-electron chi connectivity index (χ0n) is 12.1. The summed E-state index contributed by atoms with van der Waals surface area (Å²) < 4.78 is 5.01. The predicted molar refractivity (Wildman–Crippen MR) is 80.9 cm³/mol. The van der Waals surface area contributed by atoms with Crippen LogP contribution >= 0.6 is 0 Å². The van der Waals surface area contributed by atoms with Crippen LogP contribution in [0, 0.1) is 0 Å². The summed E-state index contributed by atoms with van der Waals surface area (Å²) in [7, 11) is 0. The molecule has 0 aliphatic heterocycles. The smallest absolute Gasteiger partial charge is 0.411 e. The summed E-state index contributed by atoms with van der Waals surface area (Å²) in [6.07, 6.45) is 2.60. The Kier molecular flexibility index (Phi) is 5.26. The minimum Gasteiger partial charge on any atom is -0.449 e. The van der Waals surface area contributed by atoms with E-state index in [1.165, 1.54) is 6.20 Å². The zero-order valence-corrected chi connectivity index (χ0v) is 12.1. The summed E-state index contributed by atoms with van der Waals surface area (Å²) in [5, 5.41) is 11.9. The van der Waals surface area contributed by atoms with Gasteiger partial charge in [-0.15, -0.1) is 0 Å². The van der Waals surface area contributed by atoms with Gasteiger partial charge in [0.15, 0.2) is 0 Å². The van der Waals surface area contributed by atoms with Gasteiger partial charge in [-0.3, -0.25) is 20.3 Å². The van der Waals surface area contributed by atoms with E-state index in [4.69, 9.17) is 9.94 Å². The third-order valence-electron chi connectivity index (χ3n) is 3.02. The van der Waals surface area contributed by atoms with Crippen LogP contribution in [-0.4, -0.2) is 28.8 Å². The van der Waals surface area contributed by atoms with Crippen molar-refractivity contribution >= 4 is 28.6 Å². The summed E-state index contributed by atoms with van der Waals surface area (Å²) in [6.45, 7) is 2.38. The van der Waals surface area contributed by atoms with E-state index in [1.54, 1.807) is 29.7 Å². The molecule has 0 fully saturated rings. The third-order valence-corrected chi connectivity index (χ3v) is 3.02. The van der Waals surface area contributed by atoms with Gasteiger partial charge >= 0.3 is 6.09 Å². The van der Waals surface area contributed by atoms with Crippen LogP contribution in [0.2, 0.25) is 0 Å². The van der Waals surface area contributed by atoms with Gasteiger partial charge in [0.25, 0.3) is 5.91 Å². The van der Waals surface area contributed by atoms with Crippen molar-refractivity contribution in [3.05, 3.63) is 36.0 Å². The van der Waals surface area contributed by atoms with Crippen LogP contribution in [-0.2, 0) is 4.74 Å². The second-order valence-electron chi connectivity index (χ2n) is 4.69. The SMILES string of the molecule is CCCCOC(=O)Nc1ccc2ncc(C(=O)NO)cc2c1. The molecular formula is C15H17N3O4. The number of nitrogens with one attached hydrogen (secondary N) is 2. The Morgan fingerprint density at radius 1 is 1.32 bits per heavy atom. The number of pyridine rings is 1. The van der Waals surface area contributed by atoms with E-state index < -0.39 is 12.0 Å². The van der Waals surface area contributed by atoms with E-state index in [0.29, 0.717) is 23.2 Å². The third kappa shape index (κ3) is 3.92. The number of hydrogen-bond donors (Lipinski definition) is 3. The molecule has 2 amide bonds. The van der Waals surface area contributed by atoms with Gasteiger partial charge in [-0.25, -0.2) is 10.3 Å². The first-order valence-electron chi connectivity index (χ1n) is 6.92. The minimum absolute atomic E-state index is 0.220. The molecule has 0 unspecified atom stereocenters. The molecule has 0 aliphatic carbocycles. The molecular weight excluding hydrogens is 286 g/mol. The number of carbonyl (C=O) groups excluding carboxylic acids is 2. The lowest BCUT2D eigenvalue weighted by atomic mass is 10.1. The van der Waals surface area contributed by atoms with E-state index in [2.05, 4.69) is 10.3 Å². The Morgan fingerprint density at radius 3 is 2.86 bits per heavy atom. The lowest BCUT2D eigenvalue weighted by Gasteiger charge is -2.08. The van der Waals surface area contributed by atoms with Crippen LogP contribution < -0.4 is 10.8 Å². The number of carbonyl (C=O) groups is 2. The lowest BCUT2D eigenvalue weighted by molar-refractivity contribution is 0.0706. The fourth-order valence-electron chi connectivity index (χ4n) is 1.86. The van der Waals surface area contributed by atoms with E-state index in [9.17, 15) is 9.59 Å². The number of hydrogen-bond acceptors (Lipinski definition) is 5. The first-order valence-corrected chi connectivity index (χ1v) is 6.92. The number of unbranched alkanes of at least 4 members (excludes halogenated alkanes) is 1. The number of rotatable bonds is 5. The van der Waals surface area contributed by atoms with Crippen LogP contribution in [0.3, 0.4) is 0 Å².